The summed E-state index contributed by atoms with van der Waals surface area (Å²) in [5, 5.41) is 8.59. The van der Waals surface area contributed by atoms with E-state index >= 15 is 0 Å². The summed E-state index contributed by atoms with van der Waals surface area (Å²) in [6, 6.07) is 2.09. The fourth-order valence-corrected chi connectivity index (χ4v) is 2.01. The molecule has 2 atom stereocenters. The molecule has 0 aromatic carbocycles. The van der Waals surface area contributed by atoms with Crippen LogP contribution >= 0.6 is 0 Å². The summed E-state index contributed by atoms with van der Waals surface area (Å²) in [5.41, 5.74) is 0. The van der Waals surface area contributed by atoms with Gasteiger partial charge < -0.3 is 9.64 Å². The molecule has 4 heteroatoms. The summed E-state index contributed by atoms with van der Waals surface area (Å²) in [7, 11) is 1.77. The van der Waals surface area contributed by atoms with Crippen LogP contribution in [0.2, 0.25) is 0 Å². The van der Waals surface area contributed by atoms with Crippen molar-refractivity contribution in [3.8, 4) is 6.07 Å². The average Bonchev–Trinajstić information content (AvgIpc) is 2.36. The van der Waals surface area contributed by atoms with Gasteiger partial charge in [0, 0.05) is 26.1 Å². The standard InChI is InChI=1S/C13H22N2O2/c1-11(8-9-14)15(2)13(16)7-6-12-5-3-4-10-17-12/h11-12H,3-8,10H2,1-2H3. The minimum Gasteiger partial charge on any atom is -0.378 e. The van der Waals surface area contributed by atoms with Gasteiger partial charge in [0.1, 0.15) is 0 Å². The first-order chi connectivity index (χ1) is 8.15. The van der Waals surface area contributed by atoms with E-state index in [1.54, 1.807) is 11.9 Å². The van der Waals surface area contributed by atoms with E-state index in [0.29, 0.717) is 12.8 Å². The molecule has 0 aliphatic carbocycles. The SMILES string of the molecule is CC(CC#N)N(C)C(=O)CCC1CCCCO1. The number of nitriles is 1. The molecule has 17 heavy (non-hydrogen) atoms. The summed E-state index contributed by atoms with van der Waals surface area (Å²) in [5.74, 6) is 0.113. The van der Waals surface area contributed by atoms with E-state index < -0.39 is 0 Å². The number of hydrogen-bond acceptors (Lipinski definition) is 3. The van der Waals surface area contributed by atoms with Gasteiger partial charge in [-0.3, -0.25) is 4.79 Å². The number of amides is 1. The van der Waals surface area contributed by atoms with Gasteiger partial charge in [0.15, 0.2) is 0 Å². The Morgan fingerprint density at radius 2 is 2.35 bits per heavy atom. The second-order valence-corrected chi connectivity index (χ2v) is 4.74. The lowest BCUT2D eigenvalue weighted by molar-refractivity contribution is -0.132. The highest BCUT2D eigenvalue weighted by Gasteiger charge is 2.19. The molecular formula is C13H22N2O2. The van der Waals surface area contributed by atoms with Crippen LogP contribution in [0, 0.1) is 11.3 Å². The number of ether oxygens (including phenoxy) is 1. The zero-order valence-corrected chi connectivity index (χ0v) is 10.8. The second kappa shape index (κ2) is 7.29. The number of carbonyl (C=O) groups is 1. The molecule has 1 fully saturated rings. The molecule has 0 N–H and O–H groups in total. The molecular weight excluding hydrogens is 216 g/mol. The lowest BCUT2D eigenvalue weighted by Crippen LogP contribution is -2.35. The highest BCUT2D eigenvalue weighted by molar-refractivity contribution is 5.76. The van der Waals surface area contributed by atoms with Crippen molar-refractivity contribution in [2.45, 2.75) is 57.6 Å². The Labute approximate surface area is 104 Å². The highest BCUT2D eigenvalue weighted by Crippen LogP contribution is 2.17. The molecule has 0 radical (unpaired) electrons. The number of nitrogens with zero attached hydrogens (tertiary/aromatic N) is 2. The molecule has 2 unspecified atom stereocenters. The molecule has 0 spiro atoms. The first-order valence-electron chi connectivity index (χ1n) is 6.39. The lowest BCUT2D eigenvalue weighted by Gasteiger charge is -2.26. The van der Waals surface area contributed by atoms with Gasteiger partial charge in [-0.05, 0) is 32.6 Å². The van der Waals surface area contributed by atoms with Gasteiger partial charge >= 0.3 is 0 Å². The van der Waals surface area contributed by atoms with Gasteiger partial charge in [0.25, 0.3) is 0 Å². The first kappa shape index (κ1) is 14.0. The zero-order chi connectivity index (χ0) is 12.7. The number of carbonyl (C=O) groups excluding carboxylic acids is 1. The maximum absolute atomic E-state index is 11.9. The van der Waals surface area contributed by atoms with Crippen LogP contribution in [0.4, 0.5) is 0 Å². The Morgan fingerprint density at radius 1 is 1.59 bits per heavy atom. The Morgan fingerprint density at radius 3 is 2.94 bits per heavy atom. The van der Waals surface area contributed by atoms with Crippen molar-refractivity contribution < 1.29 is 9.53 Å². The van der Waals surface area contributed by atoms with Crippen LogP contribution in [0.3, 0.4) is 0 Å². The zero-order valence-electron chi connectivity index (χ0n) is 10.8. The quantitative estimate of drug-likeness (QED) is 0.737. The third kappa shape index (κ3) is 4.74. The molecule has 1 amide bonds. The summed E-state index contributed by atoms with van der Waals surface area (Å²) >= 11 is 0. The van der Waals surface area contributed by atoms with E-state index in [1.807, 2.05) is 6.92 Å². The molecule has 1 saturated heterocycles. The van der Waals surface area contributed by atoms with Crippen LogP contribution in [-0.4, -0.2) is 36.6 Å². The molecule has 0 bridgehead atoms. The monoisotopic (exact) mass is 238 g/mol. The van der Waals surface area contributed by atoms with Crippen LogP contribution in [0.5, 0.6) is 0 Å². The third-order valence-corrected chi connectivity index (χ3v) is 3.40. The predicted molar refractivity (Wildman–Crippen MR) is 65.3 cm³/mol. The van der Waals surface area contributed by atoms with Crippen LogP contribution in [0.1, 0.15) is 45.4 Å². The fourth-order valence-electron chi connectivity index (χ4n) is 2.01. The highest BCUT2D eigenvalue weighted by atomic mass is 16.5. The first-order valence-corrected chi connectivity index (χ1v) is 6.39. The molecule has 1 aliphatic rings. The number of rotatable bonds is 5. The predicted octanol–water partition coefficient (Wildman–Crippen LogP) is 2.10. The van der Waals surface area contributed by atoms with E-state index in [1.165, 1.54) is 6.42 Å². The van der Waals surface area contributed by atoms with Crippen LogP contribution in [0.15, 0.2) is 0 Å². The Balaban J connectivity index is 2.26. The van der Waals surface area contributed by atoms with Gasteiger partial charge in [-0.15, -0.1) is 0 Å². The molecule has 96 valence electrons. The van der Waals surface area contributed by atoms with E-state index in [2.05, 4.69) is 6.07 Å². The van der Waals surface area contributed by atoms with Crippen LogP contribution in [0.25, 0.3) is 0 Å². The van der Waals surface area contributed by atoms with Crippen molar-refractivity contribution in [1.82, 2.24) is 4.90 Å². The van der Waals surface area contributed by atoms with Crippen molar-refractivity contribution in [3.63, 3.8) is 0 Å². The van der Waals surface area contributed by atoms with Gasteiger partial charge in [-0.2, -0.15) is 5.26 Å². The van der Waals surface area contributed by atoms with Crippen molar-refractivity contribution >= 4 is 5.91 Å². The topological polar surface area (TPSA) is 53.3 Å². The molecule has 1 aliphatic heterocycles. The Bertz CT molecular complexity index is 280. The fraction of sp³-hybridized carbons (Fsp3) is 0.846. The summed E-state index contributed by atoms with van der Waals surface area (Å²) in [4.78, 5) is 13.5. The molecule has 1 heterocycles. The van der Waals surface area contributed by atoms with Gasteiger partial charge in [0.05, 0.1) is 18.6 Å². The number of hydrogen-bond donors (Lipinski definition) is 0. The molecule has 4 nitrogen and oxygen atoms in total. The Kier molecular flexibility index (Phi) is 5.99. The average molecular weight is 238 g/mol. The summed E-state index contributed by atoms with van der Waals surface area (Å²) in [6.07, 6.45) is 5.41. The largest absolute Gasteiger partial charge is 0.378 e. The van der Waals surface area contributed by atoms with E-state index in [-0.39, 0.29) is 18.1 Å². The van der Waals surface area contributed by atoms with Gasteiger partial charge in [0.2, 0.25) is 5.91 Å². The minimum absolute atomic E-state index is 0.000209. The molecule has 1 rings (SSSR count). The molecule has 0 aromatic rings. The second-order valence-electron chi connectivity index (χ2n) is 4.74. The lowest BCUT2D eigenvalue weighted by atomic mass is 10.0. The van der Waals surface area contributed by atoms with Crippen LogP contribution in [-0.2, 0) is 9.53 Å². The normalized spacial score (nSPS) is 21.6. The van der Waals surface area contributed by atoms with Crippen molar-refractivity contribution in [1.29, 1.82) is 5.26 Å². The smallest absolute Gasteiger partial charge is 0.222 e. The van der Waals surface area contributed by atoms with E-state index in [0.717, 1.165) is 25.9 Å². The van der Waals surface area contributed by atoms with Crippen molar-refractivity contribution in [2.24, 2.45) is 0 Å². The summed E-state index contributed by atoms with van der Waals surface area (Å²) in [6.45, 7) is 2.73. The van der Waals surface area contributed by atoms with Gasteiger partial charge in [-0.1, -0.05) is 0 Å². The van der Waals surface area contributed by atoms with Crippen LogP contribution < -0.4 is 0 Å². The van der Waals surface area contributed by atoms with Gasteiger partial charge in [-0.25, -0.2) is 0 Å². The minimum atomic E-state index is -0.000209. The van der Waals surface area contributed by atoms with E-state index in [9.17, 15) is 4.79 Å². The third-order valence-electron chi connectivity index (χ3n) is 3.40. The Hall–Kier alpha value is -1.08. The summed E-state index contributed by atoms with van der Waals surface area (Å²) < 4.78 is 5.59. The maximum atomic E-state index is 11.9. The molecule has 0 saturated carbocycles. The molecule has 0 aromatic heterocycles. The van der Waals surface area contributed by atoms with E-state index in [4.69, 9.17) is 10.00 Å². The van der Waals surface area contributed by atoms with Crippen molar-refractivity contribution in [2.75, 3.05) is 13.7 Å². The maximum Gasteiger partial charge on any atom is 0.222 e. The van der Waals surface area contributed by atoms with Crippen molar-refractivity contribution in [3.05, 3.63) is 0 Å².